The van der Waals surface area contributed by atoms with Gasteiger partial charge in [-0.1, -0.05) is 196 Å². The van der Waals surface area contributed by atoms with Crippen LogP contribution in [0.2, 0.25) is 18.1 Å². The molecule has 0 spiro atoms. The molecule has 390 valence electrons. The van der Waals surface area contributed by atoms with E-state index >= 15 is 0 Å². The molecule has 3 aromatic carbocycles. The highest BCUT2D eigenvalue weighted by atomic mass is 28.4. The number of rotatable bonds is 35. The lowest BCUT2D eigenvalue weighted by molar-refractivity contribution is -0.276. The van der Waals surface area contributed by atoms with Gasteiger partial charge in [0.25, 0.3) is 0 Å². The monoisotopic (exact) mass is 986 g/mol. The molecule has 70 heavy (non-hydrogen) atoms. The average molecular weight is 986 g/mol. The number of amides is 1. The second kappa shape index (κ2) is 33.0. The van der Waals surface area contributed by atoms with Crippen LogP contribution in [0.15, 0.2) is 91.0 Å². The molecular weight excluding hydrogens is 895 g/mol. The van der Waals surface area contributed by atoms with Crippen LogP contribution >= 0.6 is 0 Å². The highest BCUT2D eigenvalue weighted by Gasteiger charge is 2.50. The predicted molar refractivity (Wildman–Crippen MR) is 284 cm³/mol. The topological polar surface area (TPSA) is 130 Å². The molecule has 1 aliphatic heterocycles. The Morgan fingerprint density at radius 1 is 0.657 bits per heavy atom. The summed E-state index contributed by atoms with van der Waals surface area (Å²) in [5, 5.41) is 15.1. The van der Waals surface area contributed by atoms with Crippen molar-refractivity contribution in [3.8, 4) is 0 Å². The molecule has 11 heteroatoms. The summed E-state index contributed by atoms with van der Waals surface area (Å²) in [7, 11) is -2.30. The maximum absolute atomic E-state index is 14.3. The molecule has 2 N–H and O–H groups in total. The van der Waals surface area contributed by atoms with Crippen LogP contribution in [0.3, 0.4) is 0 Å². The van der Waals surface area contributed by atoms with E-state index in [2.05, 4.69) is 94.6 Å². The first kappa shape index (κ1) is 58.7. The van der Waals surface area contributed by atoms with Crippen molar-refractivity contribution in [2.45, 2.75) is 237 Å². The molecule has 10 nitrogen and oxygen atoms in total. The maximum Gasteiger partial charge on any atom is 0.306 e. The summed E-state index contributed by atoms with van der Waals surface area (Å²) in [4.78, 5) is 41.5. The zero-order valence-electron chi connectivity index (χ0n) is 44.0. The lowest BCUT2D eigenvalue weighted by atomic mass is 9.96. The van der Waals surface area contributed by atoms with E-state index in [1.54, 1.807) is 0 Å². The van der Waals surface area contributed by atoms with Crippen molar-refractivity contribution in [3.63, 3.8) is 0 Å². The number of ether oxygens (including phenoxy) is 4. The molecule has 0 radical (unpaired) electrons. The Bertz CT molecular complexity index is 1860. The summed E-state index contributed by atoms with van der Waals surface area (Å²) in [6.45, 7) is 13.2. The zero-order valence-corrected chi connectivity index (χ0v) is 45.0. The Balaban J connectivity index is 1.46. The first-order chi connectivity index (χ1) is 33.8. The van der Waals surface area contributed by atoms with Gasteiger partial charge in [-0.2, -0.15) is 0 Å². The van der Waals surface area contributed by atoms with E-state index in [9.17, 15) is 19.5 Å². The van der Waals surface area contributed by atoms with Gasteiger partial charge in [-0.25, -0.2) is 0 Å². The summed E-state index contributed by atoms with van der Waals surface area (Å²) < 4.78 is 31.9. The van der Waals surface area contributed by atoms with Crippen molar-refractivity contribution in [1.82, 2.24) is 5.32 Å². The summed E-state index contributed by atoms with van der Waals surface area (Å²) in [6, 6.07) is 29.4. The number of carbonyl (C=O) groups excluding carboxylic acids is 3. The molecule has 1 amide bonds. The number of hydrogen-bond donors (Lipinski definition) is 2. The molecule has 1 aliphatic rings. The highest BCUT2D eigenvalue weighted by Crippen LogP contribution is 2.37. The fourth-order valence-corrected chi connectivity index (χ4v) is 9.75. The summed E-state index contributed by atoms with van der Waals surface area (Å²) in [5.41, 5.74) is 3.51. The van der Waals surface area contributed by atoms with Crippen LogP contribution in [-0.2, 0) is 57.2 Å². The quantitative estimate of drug-likeness (QED) is 0.0336. The third-order valence-electron chi connectivity index (χ3n) is 14.2. The molecule has 0 bridgehead atoms. The molecule has 1 heterocycles. The SMILES string of the molecule is CCCCCCCCCCC[C@@H](CC(=O)N[C@H]1[C@H](OCc2ccccc2)O[C@H](CO[Si](C)(C)C(C)(C)C)[C@@H](O)[C@@H]1OC(=O)CCCCCCc1ccccc1)OC(=O)CCCCCCc1ccccc1. The third-order valence-corrected chi connectivity index (χ3v) is 18.7. The number of carbonyl (C=O) groups is 3. The van der Waals surface area contributed by atoms with Crippen molar-refractivity contribution in [2.75, 3.05) is 6.61 Å². The molecule has 0 aliphatic carbocycles. The minimum atomic E-state index is -2.30. The molecule has 1 fully saturated rings. The van der Waals surface area contributed by atoms with E-state index in [0.29, 0.717) is 19.3 Å². The fraction of sp³-hybridized carbons (Fsp3) is 0.644. The van der Waals surface area contributed by atoms with Gasteiger partial charge in [0.15, 0.2) is 20.7 Å². The van der Waals surface area contributed by atoms with Gasteiger partial charge in [0, 0.05) is 12.8 Å². The predicted octanol–water partition coefficient (Wildman–Crippen LogP) is 13.3. The van der Waals surface area contributed by atoms with Gasteiger partial charge < -0.3 is 33.8 Å². The molecule has 0 aromatic heterocycles. The van der Waals surface area contributed by atoms with Crippen LogP contribution in [0.1, 0.15) is 179 Å². The van der Waals surface area contributed by atoms with Crippen molar-refractivity contribution in [1.29, 1.82) is 0 Å². The van der Waals surface area contributed by atoms with E-state index in [4.69, 9.17) is 23.4 Å². The van der Waals surface area contributed by atoms with Gasteiger partial charge >= 0.3 is 11.9 Å². The molecule has 6 atom stereocenters. The maximum atomic E-state index is 14.3. The second-order valence-electron chi connectivity index (χ2n) is 21.2. The van der Waals surface area contributed by atoms with E-state index in [0.717, 1.165) is 82.6 Å². The van der Waals surface area contributed by atoms with Crippen LogP contribution in [0.4, 0.5) is 0 Å². The number of hydrogen-bond acceptors (Lipinski definition) is 9. The Morgan fingerprint density at radius 3 is 1.69 bits per heavy atom. The minimum absolute atomic E-state index is 0.0583. The van der Waals surface area contributed by atoms with Gasteiger partial charge in [-0.3, -0.25) is 14.4 Å². The summed E-state index contributed by atoms with van der Waals surface area (Å²) in [5.74, 6) is -1.16. The molecule has 0 saturated carbocycles. The number of aryl methyl sites for hydroxylation is 2. The number of nitrogens with one attached hydrogen (secondary N) is 1. The number of aliphatic hydroxyl groups excluding tert-OH is 1. The average Bonchev–Trinajstić information content (AvgIpc) is 3.34. The highest BCUT2D eigenvalue weighted by molar-refractivity contribution is 6.74. The molecule has 3 aromatic rings. The van der Waals surface area contributed by atoms with E-state index in [-0.39, 0.29) is 37.1 Å². The second-order valence-corrected chi connectivity index (χ2v) is 26.0. The van der Waals surface area contributed by atoms with Gasteiger partial charge in [-0.15, -0.1) is 0 Å². The first-order valence-corrected chi connectivity index (χ1v) is 30.1. The van der Waals surface area contributed by atoms with Crippen LogP contribution < -0.4 is 5.32 Å². The van der Waals surface area contributed by atoms with Crippen LogP contribution in [0.25, 0.3) is 0 Å². The molecular formula is C59H91NO9Si. The van der Waals surface area contributed by atoms with Crippen molar-refractivity contribution < 1.29 is 42.9 Å². The van der Waals surface area contributed by atoms with E-state index in [1.165, 1.54) is 49.7 Å². The third kappa shape index (κ3) is 23.1. The Morgan fingerprint density at radius 2 is 1.14 bits per heavy atom. The van der Waals surface area contributed by atoms with Crippen LogP contribution in [-0.4, -0.2) is 74.6 Å². The fourth-order valence-electron chi connectivity index (χ4n) is 8.74. The number of benzene rings is 3. The van der Waals surface area contributed by atoms with Crippen LogP contribution in [0, 0.1) is 0 Å². The summed E-state index contributed by atoms with van der Waals surface area (Å²) >= 11 is 0. The Hall–Kier alpha value is -3.87. The Labute approximate surface area is 423 Å². The van der Waals surface area contributed by atoms with E-state index < -0.39 is 56.9 Å². The lowest BCUT2D eigenvalue weighted by Gasteiger charge is -2.45. The molecule has 4 rings (SSSR count). The smallest absolute Gasteiger partial charge is 0.306 e. The van der Waals surface area contributed by atoms with E-state index in [1.807, 2.05) is 42.5 Å². The minimum Gasteiger partial charge on any atom is -0.462 e. The van der Waals surface area contributed by atoms with Gasteiger partial charge in [0.05, 0.1) is 19.6 Å². The molecule has 0 unspecified atom stereocenters. The van der Waals surface area contributed by atoms with Crippen molar-refractivity contribution in [3.05, 3.63) is 108 Å². The van der Waals surface area contributed by atoms with Crippen LogP contribution in [0.5, 0.6) is 0 Å². The summed E-state index contributed by atoms with van der Waals surface area (Å²) in [6.07, 6.45) is 15.3. The largest absolute Gasteiger partial charge is 0.462 e. The van der Waals surface area contributed by atoms with Gasteiger partial charge in [-0.05, 0) is 86.2 Å². The number of unbranched alkanes of at least 4 members (excludes halogenated alkanes) is 14. The number of esters is 2. The standard InChI is InChI=1S/C59H91NO9Si/c1-7-8-9-10-11-12-13-14-30-41-50(67-53(62)42-31-17-15-22-33-47-35-24-19-25-36-47)44-52(61)60-55-57(69-54(63)43-32-18-16-23-34-48-37-26-20-27-38-48)56(64)51(46-66-70(5,6)59(2,3)4)68-58(55)65-45-49-39-28-21-29-40-49/h19-21,24-29,35-40,50-51,55-58,64H,7-18,22-23,30-34,41-46H2,1-6H3,(H,60,61)/t50-,51+,55+,56+,57+,58+/m0/s1. The lowest BCUT2D eigenvalue weighted by Crippen LogP contribution is -2.66. The van der Waals surface area contributed by atoms with Gasteiger partial charge in [0.1, 0.15) is 24.4 Å². The first-order valence-electron chi connectivity index (χ1n) is 27.1. The zero-order chi connectivity index (χ0) is 50.5. The Kier molecular flexibility index (Phi) is 27.6. The van der Waals surface area contributed by atoms with Crippen molar-refractivity contribution in [2.24, 2.45) is 0 Å². The van der Waals surface area contributed by atoms with Gasteiger partial charge in [0.2, 0.25) is 5.91 Å². The normalized spacial score (nSPS) is 18.8. The number of aliphatic hydroxyl groups is 1. The van der Waals surface area contributed by atoms with Crippen molar-refractivity contribution >= 4 is 26.2 Å². The molecule has 1 saturated heterocycles.